The summed E-state index contributed by atoms with van der Waals surface area (Å²) in [5, 5.41) is 0.719. The summed E-state index contributed by atoms with van der Waals surface area (Å²) in [7, 11) is 0. The molecule has 7 rings (SSSR count). The van der Waals surface area contributed by atoms with Gasteiger partial charge >= 0.3 is 0 Å². The van der Waals surface area contributed by atoms with E-state index in [0.717, 1.165) is 55.0 Å². The third-order valence-electron chi connectivity index (χ3n) is 8.11. The van der Waals surface area contributed by atoms with E-state index in [0.29, 0.717) is 24.5 Å². The van der Waals surface area contributed by atoms with Crippen molar-refractivity contribution in [1.82, 2.24) is 9.80 Å². The van der Waals surface area contributed by atoms with Crippen LogP contribution in [0.1, 0.15) is 50.5 Å². The highest BCUT2D eigenvalue weighted by Gasteiger charge is 2.58. The van der Waals surface area contributed by atoms with Crippen molar-refractivity contribution in [2.75, 3.05) is 19.6 Å². The summed E-state index contributed by atoms with van der Waals surface area (Å²) >= 11 is 1.89. The Hall–Kier alpha value is -2.67. The molecule has 186 valence electrons. The molecule has 0 bridgehead atoms. The zero-order valence-electron chi connectivity index (χ0n) is 20.3. The van der Waals surface area contributed by atoms with E-state index >= 15 is 4.39 Å². The lowest BCUT2D eigenvalue weighted by Gasteiger charge is -2.24. The number of benzene rings is 2. The molecule has 0 unspecified atom stereocenters. The predicted molar refractivity (Wildman–Crippen MR) is 138 cm³/mol. The molecule has 1 atom stereocenters. The molecule has 5 nitrogen and oxygen atoms in total. The van der Waals surface area contributed by atoms with Gasteiger partial charge in [0.05, 0.1) is 5.56 Å². The zero-order chi connectivity index (χ0) is 24.4. The topological polar surface area (TPSA) is 53.0 Å². The van der Waals surface area contributed by atoms with E-state index in [-0.39, 0.29) is 29.5 Å². The predicted octanol–water partition coefficient (Wildman–Crippen LogP) is 5.13. The number of nitrogens with zero attached hydrogens (tertiary/aromatic N) is 3. The SMILES string of the molecule is O=C(C1CC1)N1CC[C@@H](CN2C(=O)C3(CC3)N=C2c2ccc(-c3cccc(SC4CC4)c3)cc2F)C1. The van der Waals surface area contributed by atoms with Crippen LogP contribution in [0.3, 0.4) is 0 Å². The Kier molecular flexibility index (Phi) is 5.28. The van der Waals surface area contributed by atoms with Gasteiger partial charge in [-0.05, 0) is 86.3 Å². The number of hydrogen-bond acceptors (Lipinski definition) is 4. The van der Waals surface area contributed by atoms with Crippen LogP contribution in [0.4, 0.5) is 4.39 Å². The maximum absolute atomic E-state index is 15.6. The van der Waals surface area contributed by atoms with Crippen molar-refractivity contribution in [2.24, 2.45) is 16.8 Å². The molecule has 3 saturated carbocycles. The number of amidine groups is 1. The molecule has 0 radical (unpaired) electrons. The van der Waals surface area contributed by atoms with Gasteiger partial charge in [-0.1, -0.05) is 18.2 Å². The number of thioether (sulfide) groups is 1. The van der Waals surface area contributed by atoms with Gasteiger partial charge in [-0.15, -0.1) is 11.8 Å². The Balaban J connectivity index is 1.12. The van der Waals surface area contributed by atoms with Crippen molar-refractivity contribution < 1.29 is 14.0 Å². The largest absolute Gasteiger partial charge is 0.342 e. The molecule has 2 heterocycles. The molecular weight excluding hydrogens is 473 g/mol. The van der Waals surface area contributed by atoms with Crippen LogP contribution in [-0.2, 0) is 9.59 Å². The Morgan fingerprint density at radius 2 is 1.86 bits per heavy atom. The van der Waals surface area contributed by atoms with Gasteiger partial charge < -0.3 is 4.90 Å². The van der Waals surface area contributed by atoms with Gasteiger partial charge in [0.1, 0.15) is 17.2 Å². The molecular formula is C29H30FN3O2S. The molecule has 2 aliphatic heterocycles. The minimum Gasteiger partial charge on any atom is -0.342 e. The Morgan fingerprint density at radius 1 is 1.06 bits per heavy atom. The number of aliphatic imine (C=N–C) groups is 1. The van der Waals surface area contributed by atoms with E-state index in [1.54, 1.807) is 17.0 Å². The third-order valence-corrected chi connectivity index (χ3v) is 9.44. The van der Waals surface area contributed by atoms with Gasteiger partial charge in [-0.3, -0.25) is 19.5 Å². The van der Waals surface area contributed by atoms with Crippen molar-refractivity contribution in [3.8, 4) is 11.1 Å². The van der Waals surface area contributed by atoms with Crippen LogP contribution in [0.15, 0.2) is 52.4 Å². The van der Waals surface area contributed by atoms with Crippen molar-refractivity contribution in [3.63, 3.8) is 0 Å². The number of likely N-dealkylation sites (tertiary alicyclic amines) is 1. The van der Waals surface area contributed by atoms with Crippen LogP contribution in [0.2, 0.25) is 0 Å². The summed E-state index contributed by atoms with van der Waals surface area (Å²) < 4.78 is 15.6. The van der Waals surface area contributed by atoms with Crippen LogP contribution in [0.5, 0.6) is 0 Å². The molecule has 5 aliphatic rings. The highest BCUT2D eigenvalue weighted by atomic mass is 32.2. The maximum Gasteiger partial charge on any atom is 0.256 e. The minimum absolute atomic E-state index is 0.00209. The van der Waals surface area contributed by atoms with Gasteiger partial charge in [-0.25, -0.2) is 4.39 Å². The van der Waals surface area contributed by atoms with E-state index in [9.17, 15) is 9.59 Å². The van der Waals surface area contributed by atoms with Crippen LogP contribution < -0.4 is 0 Å². The molecule has 0 aromatic heterocycles. The van der Waals surface area contributed by atoms with E-state index in [2.05, 4.69) is 12.1 Å². The lowest BCUT2D eigenvalue weighted by Crippen LogP contribution is -2.41. The molecule has 2 aromatic carbocycles. The summed E-state index contributed by atoms with van der Waals surface area (Å²) in [4.78, 5) is 35.5. The van der Waals surface area contributed by atoms with E-state index in [4.69, 9.17) is 4.99 Å². The number of amides is 2. The minimum atomic E-state index is -0.684. The average molecular weight is 504 g/mol. The average Bonchev–Trinajstić information content (AvgIpc) is 3.77. The van der Waals surface area contributed by atoms with E-state index in [1.807, 2.05) is 34.9 Å². The smallest absolute Gasteiger partial charge is 0.256 e. The van der Waals surface area contributed by atoms with E-state index in [1.165, 1.54) is 17.7 Å². The van der Waals surface area contributed by atoms with Crippen LogP contribution in [0.25, 0.3) is 11.1 Å². The van der Waals surface area contributed by atoms with Gasteiger partial charge in [0.25, 0.3) is 5.91 Å². The summed E-state index contributed by atoms with van der Waals surface area (Å²) in [6.07, 6.45) is 6.88. The second-order valence-corrected chi connectivity index (χ2v) is 12.5. The number of halogens is 1. The normalized spacial score (nSPS) is 24.5. The molecule has 36 heavy (non-hydrogen) atoms. The Morgan fingerprint density at radius 3 is 2.58 bits per heavy atom. The highest BCUT2D eigenvalue weighted by Crippen LogP contribution is 2.47. The number of carbonyl (C=O) groups is 2. The molecule has 3 aliphatic carbocycles. The van der Waals surface area contributed by atoms with E-state index < -0.39 is 5.54 Å². The first-order valence-electron chi connectivity index (χ1n) is 13.3. The number of hydrogen-bond donors (Lipinski definition) is 0. The van der Waals surface area contributed by atoms with Crippen LogP contribution in [0, 0.1) is 17.7 Å². The fourth-order valence-electron chi connectivity index (χ4n) is 5.51. The molecule has 1 spiro atoms. The first-order chi connectivity index (χ1) is 17.5. The number of rotatable bonds is 7. The van der Waals surface area contributed by atoms with Gasteiger partial charge in [0.15, 0.2) is 0 Å². The summed E-state index contributed by atoms with van der Waals surface area (Å²) in [6.45, 7) is 1.92. The standard InChI is InChI=1S/C29H30FN3O2S/c30-25-15-21(20-2-1-3-23(14-20)36-22-7-8-22)6-9-24(25)26-31-29(11-12-29)28(35)33(26)17-18-10-13-32(16-18)27(34)19-4-5-19/h1-3,6,9,14-15,18-19,22H,4-5,7-8,10-13,16-17H2/t18-/m1/s1. The monoisotopic (exact) mass is 503 g/mol. The van der Waals surface area contributed by atoms with Crippen molar-refractivity contribution >= 4 is 29.4 Å². The molecule has 0 N–H and O–H groups in total. The first kappa shape index (κ1) is 22.5. The summed E-state index contributed by atoms with van der Waals surface area (Å²) in [5.41, 5.74) is 1.54. The van der Waals surface area contributed by atoms with Crippen molar-refractivity contribution in [1.29, 1.82) is 0 Å². The molecule has 2 amide bonds. The van der Waals surface area contributed by atoms with Gasteiger partial charge in [0.2, 0.25) is 5.91 Å². The van der Waals surface area contributed by atoms with Crippen molar-refractivity contribution in [3.05, 3.63) is 53.8 Å². The third kappa shape index (κ3) is 4.15. The van der Waals surface area contributed by atoms with Crippen LogP contribution in [-0.4, -0.2) is 57.9 Å². The lowest BCUT2D eigenvalue weighted by atomic mass is 10.0. The molecule has 4 fully saturated rings. The van der Waals surface area contributed by atoms with Crippen molar-refractivity contribution in [2.45, 2.75) is 60.6 Å². The Labute approximate surface area is 215 Å². The Bertz CT molecular complexity index is 1280. The molecule has 1 saturated heterocycles. The number of carbonyl (C=O) groups excluding carboxylic acids is 2. The molecule has 7 heteroatoms. The fraction of sp³-hybridized carbons (Fsp3) is 0.483. The summed E-state index contributed by atoms with van der Waals surface area (Å²) in [6, 6.07) is 13.6. The van der Waals surface area contributed by atoms with Crippen LogP contribution >= 0.6 is 11.8 Å². The maximum atomic E-state index is 15.6. The quantitative estimate of drug-likeness (QED) is 0.527. The van der Waals surface area contributed by atoms with Gasteiger partial charge in [-0.2, -0.15) is 0 Å². The second-order valence-electron chi connectivity index (χ2n) is 11.1. The lowest BCUT2D eigenvalue weighted by molar-refractivity contribution is -0.131. The first-order valence-corrected chi connectivity index (χ1v) is 14.1. The fourth-order valence-corrected chi connectivity index (χ4v) is 6.62. The van der Waals surface area contributed by atoms with Gasteiger partial charge in [0, 0.05) is 35.7 Å². The zero-order valence-corrected chi connectivity index (χ0v) is 21.1. The highest BCUT2D eigenvalue weighted by molar-refractivity contribution is 8.00. The molecule has 2 aromatic rings. The summed E-state index contributed by atoms with van der Waals surface area (Å²) in [5.74, 6) is 0.789. The second kappa shape index (κ2) is 8.44.